The third-order valence-corrected chi connectivity index (χ3v) is 3.94. The van der Waals surface area contributed by atoms with E-state index in [1.807, 2.05) is 24.3 Å². The molecule has 1 heterocycles. The zero-order valence-corrected chi connectivity index (χ0v) is 13.9. The Hall–Kier alpha value is -0.940. The Morgan fingerprint density at radius 3 is 2.68 bits per heavy atom. The molecule has 0 aliphatic carbocycles. The van der Waals surface area contributed by atoms with Gasteiger partial charge >= 0.3 is 0 Å². The Morgan fingerprint density at radius 1 is 1.32 bits per heavy atom. The van der Waals surface area contributed by atoms with Crippen LogP contribution >= 0.6 is 31.9 Å². The Kier molecular flexibility index (Phi) is 4.58. The van der Waals surface area contributed by atoms with Crippen LogP contribution in [0.25, 0.3) is 11.4 Å². The molecule has 0 radical (unpaired) electrons. The van der Waals surface area contributed by atoms with Gasteiger partial charge in [0, 0.05) is 10.0 Å². The van der Waals surface area contributed by atoms with Gasteiger partial charge in [-0.2, -0.15) is 0 Å². The molecule has 0 spiro atoms. The number of nitrogens with one attached hydrogen (secondary N) is 1. The monoisotopic (exact) mass is 384 g/mol. The summed E-state index contributed by atoms with van der Waals surface area (Å²) in [6.45, 7) is 4.21. The van der Waals surface area contributed by atoms with Gasteiger partial charge in [0.15, 0.2) is 0 Å². The highest BCUT2D eigenvalue weighted by molar-refractivity contribution is 9.10. The van der Waals surface area contributed by atoms with Crippen molar-refractivity contribution in [3.05, 3.63) is 49.3 Å². The minimum absolute atomic E-state index is 0.138. The van der Waals surface area contributed by atoms with Gasteiger partial charge in [0.25, 0.3) is 5.56 Å². The van der Waals surface area contributed by atoms with Crippen LogP contribution in [-0.2, 0) is 6.42 Å². The number of rotatable bonds is 3. The van der Waals surface area contributed by atoms with Gasteiger partial charge in [-0.1, -0.05) is 41.9 Å². The summed E-state index contributed by atoms with van der Waals surface area (Å²) < 4.78 is 1.49. The minimum Gasteiger partial charge on any atom is -0.306 e. The van der Waals surface area contributed by atoms with Crippen LogP contribution in [0.2, 0.25) is 0 Å². The van der Waals surface area contributed by atoms with E-state index in [1.54, 1.807) is 0 Å². The molecule has 0 bridgehead atoms. The molecule has 19 heavy (non-hydrogen) atoms. The molecule has 100 valence electrons. The molecule has 1 N–H and O–H groups in total. The number of aromatic amines is 1. The molecule has 0 aliphatic rings. The van der Waals surface area contributed by atoms with Crippen LogP contribution in [0.1, 0.15) is 19.5 Å². The Morgan fingerprint density at radius 2 is 2.05 bits per heavy atom. The summed E-state index contributed by atoms with van der Waals surface area (Å²) in [7, 11) is 0. The van der Waals surface area contributed by atoms with Crippen LogP contribution in [0.4, 0.5) is 0 Å². The standard InChI is InChI=1S/C14H14Br2N2O/c1-8(2)6-11-12(16)14(19)18-13(17-11)9-4-3-5-10(15)7-9/h3-5,7-8H,6H2,1-2H3,(H,17,18,19). The largest absolute Gasteiger partial charge is 0.306 e. The second-order valence-corrected chi connectivity index (χ2v) is 6.49. The summed E-state index contributed by atoms with van der Waals surface area (Å²) in [5, 5.41) is 0. The predicted octanol–water partition coefficient (Wildman–Crippen LogP) is 4.16. The highest BCUT2D eigenvalue weighted by Gasteiger charge is 2.11. The minimum atomic E-state index is -0.138. The lowest BCUT2D eigenvalue weighted by molar-refractivity contribution is 0.631. The summed E-state index contributed by atoms with van der Waals surface area (Å²) in [5.41, 5.74) is 1.55. The van der Waals surface area contributed by atoms with Gasteiger partial charge in [-0.3, -0.25) is 4.79 Å². The van der Waals surface area contributed by atoms with Crippen molar-refractivity contribution < 1.29 is 0 Å². The average molecular weight is 386 g/mol. The summed E-state index contributed by atoms with van der Waals surface area (Å²) in [5.74, 6) is 1.05. The number of aromatic nitrogens is 2. The van der Waals surface area contributed by atoms with Gasteiger partial charge < -0.3 is 4.98 Å². The maximum absolute atomic E-state index is 11.9. The molecule has 5 heteroatoms. The summed E-state index contributed by atoms with van der Waals surface area (Å²) in [6.07, 6.45) is 0.769. The molecule has 0 saturated carbocycles. The third-order valence-electron chi connectivity index (χ3n) is 2.63. The fourth-order valence-electron chi connectivity index (χ4n) is 1.80. The molecule has 0 fully saturated rings. The fourth-order valence-corrected chi connectivity index (χ4v) is 2.55. The maximum atomic E-state index is 11.9. The molecule has 2 rings (SSSR count). The zero-order chi connectivity index (χ0) is 14.0. The van der Waals surface area contributed by atoms with Gasteiger partial charge in [-0.05, 0) is 40.4 Å². The first-order chi connectivity index (χ1) is 8.97. The number of hydrogen-bond donors (Lipinski definition) is 1. The highest BCUT2D eigenvalue weighted by atomic mass is 79.9. The lowest BCUT2D eigenvalue weighted by Crippen LogP contribution is -2.15. The predicted molar refractivity (Wildman–Crippen MR) is 84.2 cm³/mol. The van der Waals surface area contributed by atoms with Crippen LogP contribution in [0.15, 0.2) is 38.0 Å². The van der Waals surface area contributed by atoms with Crippen molar-refractivity contribution in [3.63, 3.8) is 0 Å². The first kappa shape index (κ1) is 14.5. The topological polar surface area (TPSA) is 45.8 Å². The van der Waals surface area contributed by atoms with Crippen molar-refractivity contribution in [3.8, 4) is 11.4 Å². The van der Waals surface area contributed by atoms with Crippen molar-refractivity contribution in [1.29, 1.82) is 0 Å². The van der Waals surface area contributed by atoms with Crippen LogP contribution in [0.3, 0.4) is 0 Å². The third kappa shape index (κ3) is 3.54. The summed E-state index contributed by atoms with van der Waals surface area (Å²) in [6, 6.07) is 7.72. The second-order valence-electron chi connectivity index (χ2n) is 4.78. The number of hydrogen-bond acceptors (Lipinski definition) is 2. The SMILES string of the molecule is CC(C)Cc1nc(-c2cccc(Br)c2)[nH]c(=O)c1Br. The van der Waals surface area contributed by atoms with Crippen molar-refractivity contribution in [1.82, 2.24) is 9.97 Å². The average Bonchev–Trinajstić information content (AvgIpc) is 2.34. The molecule has 0 amide bonds. The van der Waals surface area contributed by atoms with Crippen molar-refractivity contribution >= 4 is 31.9 Å². The van der Waals surface area contributed by atoms with Crippen LogP contribution in [0.5, 0.6) is 0 Å². The normalized spacial score (nSPS) is 11.0. The maximum Gasteiger partial charge on any atom is 0.265 e. The van der Waals surface area contributed by atoms with Crippen LogP contribution in [0, 0.1) is 5.92 Å². The number of halogens is 2. The van der Waals surface area contributed by atoms with Crippen LogP contribution in [-0.4, -0.2) is 9.97 Å². The Bertz CT molecular complexity index is 650. The molecular weight excluding hydrogens is 372 g/mol. The smallest absolute Gasteiger partial charge is 0.265 e. The molecular formula is C14H14Br2N2O. The van der Waals surface area contributed by atoms with E-state index in [1.165, 1.54) is 0 Å². The van der Waals surface area contributed by atoms with Crippen molar-refractivity contribution in [2.45, 2.75) is 20.3 Å². The molecule has 2 aromatic rings. The van der Waals surface area contributed by atoms with Gasteiger partial charge in [0.2, 0.25) is 0 Å². The van der Waals surface area contributed by atoms with Crippen molar-refractivity contribution in [2.75, 3.05) is 0 Å². The van der Waals surface area contributed by atoms with E-state index in [4.69, 9.17) is 0 Å². The van der Waals surface area contributed by atoms with E-state index in [-0.39, 0.29) is 5.56 Å². The molecule has 0 aliphatic heterocycles. The van der Waals surface area contributed by atoms with Gasteiger partial charge in [0.1, 0.15) is 10.3 Å². The quantitative estimate of drug-likeness (QED) is 0.861. The van der Waals surface area contributed by atoms with E-state index in [0.717, 1.165) is 22.2 Å². The Balaban J connectivity index is 2.53. The summed E-state index contributed by atoms with van der Waals surface area (Å²) in [4.78, 5) is 19.3. The number of nitrogens with zero attached hydrogens (tertiary/aromatic N) is 1. The van der Waals surface area contributed by atoms with E-state index in [0.29, 0.717) is 16.2 Å². The number of benzene rings is 1. The van der Waals surface area contributed by atoms with Gasteiger partial charge in [-0.15, -0.1) is 0 Å². The number of H-pyrrole nitrogens is 1. The van der Waals surface area contributed by atoms with Crippen molar-refractivity contribution in [2.24, 2.45) is 5.92 Å². The second kappa shape index (κ2) is 6.01. The first-order valence-electron chi connectivity index (χ1n) is 6.02. The molecule has 0 unspecified atom stereocenters. The van der Waals surface area contributed by atoms with E-state index >= 15 is 0 Å². The fraction of sp³-hybridized carbons (Fsp3) is 0.286. The molecule has 0 atom stereocenters. The zero-order valence-electron chi connectivity index (χ0n) is 10.7. The first-order valence-corrected chi connectivity index (χ1v) is 7.60. The van der Waals surface area contributed by atoms with Gasteiger partial charge in [0.05, 0.1) is 5.69 Å². The molecule has 0 saturated heterocycles. The highest BCUT2D eigenvalue weighted by Crippen LogP contribution is 2.21. The molecule has 3 nitrogen and oxygen atoms in total. The van der Waals surface area contributed by atoms with Crippen LogP contribution < -0.4 is 5.56 Å². The summed E-state index contributed by atoms with van der Waals surface area (Å²) >= 11 is 6.74. The Labute approximate surface area is 128 Å². The lowest BCUT2D eigenvalue weighted by Gasteiger charge is -2.09. The lowest BCUT2D eigenvalue weighted by atomic mass is 10.1. The van der Waals surface area contributed by atoms with E-state index < -0.39 is 0 Å². The molecule has 1 aromatic carbocycles. The van der Waals surface area contributed by atoms with E-state index in [9.17, 15) is 4.79 Å². The van der Waals surface area contributed by atoms with E-state index in [2.05, 4.69) is 55.7 Å². The molecule has 1 aromatic heterocycles. The van der Waals surface area contributed by atoms with Gasteiger partial charge in [-0.25, -0.2) is 4.98 Å².